The number of imidazole rings is 1. The molecule has 1 atom stereocenters. The van der Waals surface area contributed by atoms with Crippen molar-refractivity contribution in [3.63, 3.8) is 0 Å². The maximum Gasteiger partial charge on any atom is 0.289 e. The van der Waals surface area contributed by atoms with Gasteiger partial charge in [0.15, 0.2) is 5.82 Å². The number of thiazole rings is 1. The number of β-amino-alcohol motifs (C(OH)–C–C–N with tert-alkyl or cyclic N) is 1. The molecule has 1 aliphatic heterocycles. The van der Waals surface area contributed by atoms with Crippen LogP contribution in [-0.4, -0.2) is 75.2 Å². The molecule has 0 radical (unpaired) electrons. The summed E-state index contributed by atoms with van der Waals surface area (Å²) in [5, 5.41) is 15.0. The third kappa shape index (κ3) is 3.78. The molecule has 0 aromatic carbocycles. The first-order valence-corrected chi connectivity index (χ1v) is 8.27. The molecule has 2 amide bonds. The molecule has 0 bridgehead atoms. The summed E-state index contributed by atoms with van der Waals surface area (Å²) in [7, 11) is 0. The van der Waals surface area contributed by atoms with Gasteiger partial charge < -0.3 is 25.0 Å². The maximum absolute atomic E-state index is 12.4. The van der Waals surface area contributed by atoms with Gasteiger partial charge in [-0.05, 0) is 0 Å². The van der Waals surface area contributed by atoms with E-state index in [1.807, 2.05) is 0 Å². The molecule has 1 saturated heterocycles. The van der Waals surface area contributed by atoms with E-state index in [-0.39, 0.29) is 37.3 Å². The minimum Gasteiger partial charge on any atom is -0.384 e. The highest BCUT2D eigenvalue weighted by molar-refractivity contribution is 7.07. The van der Waals surface area contributed by atoms with E-state index in [9.17, 15) is 14.7 Å². The Bertz CT molecular complexity index is 690. The van der Waals surface area contributed by atoms with Gasteiger partial charge in [0.1, 0.15) is 11.3 Å². The molecule has 2 aromatic rings. The summed E-state index contributed by atoms with van der Waals surface area (Å²) >= 11 is 1.31. The number of H-pyrrole nitrogens is 1. The van der Waals surface area contributed by atoms with E-state index < -0.39 is 5.60 Å². The SMILES string of the molecule is O=C(NCC1(O)COCCN(C(=O)c2ncc[nH]2)C1)c1cscn1. The molecule has 3 rings (SSSR count). The average molecular weight is 351 g/mol. The molecule has 0 spiro atoms. The van der Waals surface area contributed by atoms with Gasteiger partial charge in [-0.3, -0.25) is 9.59 Å². The summed E-state index contributed by atoms with van der Waals surface area (Å²) < 4.78 is 5.39. The number of aromatic nitrogens is 3. The van der Waals surface area contributed by atoms with Crippen LogP contribution < -0.4 is 5.32 Å². The zero-order valence-electron chi connectivity index (χ0n) is 12.8. The first-order chi connectivity index (χ1) is 11.6. The lowest BCUT2D eigenvalue weighted by Gasteiger charge is -2.30. The van der Waals surface area contributed by atoms with E-state index in [0.717, 1.165) is 0 Å². The van der Waals surface area contributed by atoms with Crippen LogP contribution in [0.25, 0.3) is 0 Å². The highest BCUT2D eigenvalue weighted by Gasteiger charge is 2.35. The molecule has 2 aromatic heterocycles. The Hall–Kier alpha value is -2.30. The summed E-state index contributed by atoms with van der Waals surface area (Å²) in [6.45, 7) is 0.637. The summed E-state index contributed by atoms with van der Waals surface area (Å²) in [6.07, 6.45) is 3.05. The highest BCUT2D eigenvalue weighted by Crippen LogP contribution is 2.14. The molecule has 1 unspecified atom stereocenters. The minimum absolute atomic E-state index is 0.0201. The van der Waals surface area contributed by atoms with Gasteiger partial charge in [-0.15, -0.1) is 11.3 Å². The minimum atomic E-state index is -1.38. The van der Waals surface area contributed by atoms with E-state index in [2.05, 4.69) is 20.3 Å². The molecular formula is C14H17N5O4S. The topological polar surface area (TPSA) is 120 Å². The number of aliphatic hydroxyl groups is 1. The molecule has 128 valence electrons. The predicted molar refractivity (Wildman–Crippen MR) is 84.7 cm³/mol. The summed E-state index contributed by atoms with van der Waals surface area (Å²) in [4.78, 5) is 36.4. The van der Waals surface area contributed by atoms with Crippen LogP contribution in [0.2, 0.25) is 0 Å². The second-order valence-electron chi connectivity index (χ2n) is 5.50. The van der Waals surface area contributed by atoms with Gasteiger partial charge in [-0.25, -0.2) is 9.97 Å². The lowest BCUT2D eigenvalue weighted by molar-refractivity contribution is -0.0325. The van der Waals surface area contributed by atoms with Gasteiger partial charge in [0, 0.05) is 24.3 Å². The summed E-state index contributed by atoms with van der Waals surface area (Å²) in [6, 6.07) is 0. The Morgan fingerprint density at radius 3 is 3.08 bits per heavy atom. The van der Waals surface area contributed by atoms with Crippen molar-refractivity contribution in [3.05, 3.63) is 34.8 Å². The van der Waals surface area contributed by atoms with Gasteiger partial charge in [-0.1, -0.05) is 0 Å². The van der Waals surface area contributed by atoms with Crippen molar-refractivity contribution in [2.24, 2.45) is 0 Å². The molecule has 0 saturated carbocycles. The van der Waals surface area contributed by atoms with Crippen LogP contribution in [0.15, 0.2) is 23.3 Å². The Morgan fingerprint density at radius 1 is 1.50 bits per heavy atom. The van der Waals surface area contributed by atoms with Crippen LogP contribution in [0.1, 0.15) is 21.1 Å². The molecular weight excluding hydrogens is 334 g/mol. The van der Waals surface area contributed by atoms with Crippen LogP contribution in [-0.2, 0) is 4.74 Å². The fourth-order valence-corrected chi connectivity index (χ4v) is 2.92. The van der Waals surface area contributed by atoms with E-state index in [1.165, 1.54) is 22.4 Å². The number of nitrogens with zero attached hydrogens (tertiary/aromatic N) is 3. The number of amides is 2. The van der Waals surface area contributed by atoms with Crippen LogP contribution in [0.3, 0.4) is 0 Å². The monoisotopic (exact) mass is 351 g/mol. The van der Waals surface area contributed by atoms with Crippen molar-refractivity contribution < 1.29 is 19.4 Å². The molecule has 0 aliphatic carbocycles. The number of carbonyl (C=O) groups excluding carboxylic acids is 2. The third-order valence-electron chi connectivity index (χ3n) is 3.59. The average Bonchev–Trinajstić information content (AvgIpc) is 3.25. The quantitative estimate of drug-likeness (QED) is 0.683. The molecule has 10 heteroatoms. The molecule has 1 fully saturated rings. The Labute approximate surface area is 141 Å². The number of rotatable bonds is 4. The molecule has 1 aliphatic rings. The number of carbonyl (C=O) groups is 2. The van der Waals surface area contributed by atoms with Crippen molar-refractivity contribution in [2.45, 2.75) is 5.60 Å². The molecule has 24 heavy (non-hydrogen) atoms. The van der Waals surface area contributed by atoms with Gasteiger partial charge in [0.25, 0.3) is 11.8 Å². The van der Waals surface area contributed by atoms with Crippen LogP contribution in [0.5, 0.6) is 0 Å². The zero-order chi connectivity index (χ0) is 17.0. The smallest absolute Gasteiger partial charge is 0.289 e. The molecule has 3 heterocycles. The van der Waals surface area contributed by atoms with Gasteiger partial charge >= 0.3 is 0 Å². The third-order valence-corrected chi connectivity index (χ3v) is 4.18. The van der Waals surface area contributed by atoms with Crippen LogP contribution >= 0.6 is 11.3 Å². The van der Waals surface area contributed by atoms with E-state index in [4.69, 9.17) is 4.74 Å². The first kappa shape index (κ1) is 16.6. The van der Waals surface area contributed by atoms with Crippen LogP contribution in [0, 0.1) is 0 Å². The van der Waals surface area contributed by atoms with Crippen molar-refractivity contribution in [1.29, 1.82) is 0 Å². The van der Waals surface area contributed by atoms with Crippen LogP contribution in [0.4, 0.5) is 0 Å². The van der Waals surface area contributed by atoms with Crippen molar-refractivity contribution >= 4 is 23.2 Å². The van der Waals surface area contributed by atoms with Gasteiger partial charge in [-0.2, -0.15) is 0 Å². The standard InChI is InChI=1S/C14H17N5O4S/c20-12(10-5-24-9-18-10)17-6-14(22)7-19(3-4-23-8-14)13(21)11-15-1-2-16-11/h1-2,5,9,22H,3-4,6-8H2,(H,15,16)(H,17,20). The fourth-order valence-electron chi connectivity index (χ4n) is 2.39. The summed E-state index contributed by atoms with van der Waals surface area (Å²) in [5.74, 6) is -0.502. The van der Waals surface area contributed by atoms with Crippen molar-refractivity contribution in [1.82, 2.24) is 25.2 Å². The number of nitrogens with one attached hydrogen (secondary N) is 2. The van der Waals surface area contributed by atoms with Crippen molar-refractivity contribution in [3.8, 4) is 0 Å². The Balaban J connectivity index is 1.64. The van der Waals surface area contributed by atoms with E-state index >= 15 is 0 Å². The number of hydrogen-bond donors (Lipinski definition) is 3. The normalized spacial score (nSPS) is 21.3. The Morgan fingerprint density at radius 2 is 2.38 bits per heavy atom. The highest BCUT2D eigenvalue weighted by atomic mass is 32.1. The second-order valence-corrected chi connectivity index (χ2v) is 6.22. The maximum atomic E-state index is 12.4. The first-order valence-electron chi connectivity index (χ1n) is 7.33. The van der Waals surface area contributed by atoms with Gasteiger partial charge in [0.05, 0.1) is 31.8 Å². The zero-order valence-corrected chi connectivity index (χ0v) is 13.6. The largest absolute Gasteiger partial charge is 0.384 e. The fraction of sp³-hybridized carbons (Fsp3) is 0.429. The lowest BCUT2D eigenvalue weighted by atomic mass is 10.0. The molecule has 3 N–H and O–H groups in total. The summed E-state index contributed by atoms with van der Waals surface area (Å²) in [5.41, 5.74) is 0.466. The number of hydrogen-bond acceptors (Lipinski definition) is 7. The number of ether oxygens (including phenoxy) is 1. The predicted octanol–water partition coefficient (Wildman–Crippen LogP) is -0.500. The van der Waals surface area contributed by atoms with Gasteiger partial charge in [0.2, 0.25) is 0 Å². The van der Waals surface area contributed by atoms with Crippen molar-refractivity contribution in [2.75, 3.05) is 32.8 Å². The molecule has 9 nitrogen and oxygen atoms in total. The Kier molecular flexibility index (Phi) is 4.88. The number of aromatic amines is 1. The second kappa shape index (κ2) is 7.07. The van der Waals surface area contributed by atoms with E-state index in [1.54, 1.807) is 17.1 Å². The van der Waals surface area contributed by atoms with E-state index in [0.29, 0.717) is 18.8 Å². The lowest BCUT2D eigenvalue weighted by Crippen LogP contribution is -2.53.